The van der Waals surface area contributed by atoms with E-state index in [4.69, 9.17) is 5.11 Å². The maximum atomic E-state index is 14.3. The van der Waals surface area contributed by atoms with Crippen LogP contribution in [0.1, 0.15) is 56.9 Å². The molecule has 0 aromatic heterocycles. The lowest BCUT2D eigenvalue weighted by Gasteiger charge is -2.33. The molecule has 11 N–H and O–H groups in total. The molecular formula is C54H73N9O16. The van der Waals surface area contributed by atoms with E-state index in [0.717, 1.165) is 27.1 Å². The van der Waals surface area contributed by atoms with Gasteiger partial charge in [-0.2, -0.15) is 0 Å². The van der Waals surface area contributed by atoms with E-state index in [1.807, 2.05) is 53.4 Å². The van der Waals surface area contributed by atoms with Gasteiger partial charge in [0.1, 0.15) is 18.1 Å². The van der Waals surface area contributed by atoms with E-state index in [0.29, 0.717) is 51.7 Å². The van der Waals surface area contributed by atoms with E-state index in [-0.39, 0.29) is 114 Å². The number of carbonyl (C=O) groups excluding carboxylic acids is 4. The van der Waals surface area contributed by atoms with E-state index < -0.39 is 84.6 Å². The van der Waals surface area contributed by atoms with Gasteiger partial charge >= 0.3 is 41.8 Å². The Morgan fingerprint density at radius 1 is 0.519 bits per heavy atom. The summed E-state index contributed by atoms with van der Waals surface area (Å²) >= 11 is 0. The second-order valence-corrected chi connectivity index (χ2v) is 20.9. The van der Waals surface area contributed by atoms with Gasteiger partial charge in [0.05, 0.1) is 26.2 Å². The van der Waals surface area contributed by atoms with Crippen LogP contribution in [0.4, 0.5) is 4.79 Å². The molecule has 5 atom stereocenters. The van der Waals surface area contributed by atoms with Crippen molar-refractivity contribution in [2.24, 2.45) is 23.7 Å². The normalized spacial score (nSPS) is 21.0. The molecule has 0 spiro atoms. The summed E-state index contributed by atoms with van der Waals surface area (Å²) in [6.07, 6.45) is 1.92. The van der Waals surface area contributed by atoms with Crippen LogP contribution in [0.2, 0.25) is 0 Å². The predicted molar refractivity (Wildman–Crippen MR) is 285 cm³/mol. The molecule has 5 amide bonds. The van der Waals surface area contributed by atoms with Gasteiger partial charge < -0.3 is 57.2 Å². The molecule has 430 valence electrons. The zero-order valence-corrected chi connectivity index (χ0v) is 44.1. The van der Waals surface area contributed by atoms with Crippen LogP contribution in [0, 0.1) is 23.7 Å². The molecule has 6 rings (SSSR count). The highest BCUT2D eigenvalue weighted by Gasteiger charge is 2.41. The van der Waals surface area contributed by atoms with E-state index in [9.17, 15) is 73.5 Å². The summed E-state index contributed by atoms with van der Waals surface area (Å²) in [5.41, 5.74) is 0.867. The molecule has 1 heterocycles. The second kappa shape index (κ2) is 29.5. The van der Waals surface area contributed by atoms with Crippen molar-refractivity contribution in [2.45, 2.75) is 75.9 Å². The van der Waals surface area contributed by atoms with Crippen molar-refractivity contribution in [1.29, 1.82) is 0 Å². The molecule has 3 aliphatic rings. The molecule has 3 aromatic rings. The average Bonchev–Trinajstić information content (AvgIpc) is 4.25. The number of amides is 5. The standard InChI is InChI=1S/C54H73N9O16/c64-45(29-60-15-17-61(30-47(67)68)19-21-63(32-49(71)72)22-20-62(18-16-60)31-48(69)70)55-27-33-9-11-34(12-10-33)50(73)57-43(26-41-39-7-3-1-5-35(39)23-36-6-2-4-8-40(36)41)51(74)56-28-38-24-37(38)25-44(53(77)78)59-54(79)58-42(52(75)76)13-14-46(65)66/h1-8,23,33-34,37-38,42-44H,9-22,24-32H2,(H,55,64)(H,56,74)(H,57,73)(H,65,66)(H,67,68)(H,69,70)(H,71,72)(H,75,76)(H,77,78)(H2,58,59,79)/t33?,34?,37-,38-,42-,43-,44-/m0/s1. The van der Waals surface area contributed by atoms with Crippen LogP contribution < -0.4 is 26.6 Å². The molecular weight excluding hydrogens is 1030 g/mol. The highest BCUT2D eigenvalue weighted by Crippen LogP contribution is 2.41. The minimum atomic E-state index is -1.56. The van der Waals surface area contributed by atoms with Crippen LogP contribution in [0.5, 0.6) is 0 Å². The smallest absolute Gasteiger partial charge is 0.326 e. The van der Waals surface area contributed by atoms with Gasteiger partial charge in [-0.25, -0.2) is 14.4 Å². The second-order valence-electron chi connectivity index (χ2n) is 20.9. The number of nitrogens with one attached hydrogen (secondary N) is 5. The highest BCUT2D eigenvalue weighted by atomic mass is 16.4. The number of benzene rings is 3. The van der Waals surface area contributed by atoms with Crippen LogP contribution in [-0.2, 0) is 49.6 Å². The van der Waals surface area contributed by atoms with E-state index >= 15 is 0 Å². The summed E-state index contributed by atoms with van der Waals surface area (Å²) in [5, 5.41) is 74.1. The molecule has 0 radical (unpaired) electrons. The van der Waals surface area contributed by atoms with Crippen LogP contribution in [-0.4, -0.2) is 220 Å². The molecule has 25 heteroatoms. The molecule has 0 bridgehead atoms. The molecule has 25 nitrogen and oxygen atoms in total. The van der Waals surface area contributed by atoms with Crippen molar-refractivity contribution >= 4 is 81.1 Å². The average molecular weight is 1100 g/mol. The Kier molecular flexibility index (Phi) is 22.7. The number of aliphatic carboxylic acids is 6. The fraction of sp³-hybridized carbons (Fsp3) is 0.556. The van der Waals surface area contributed by atoms with E-state index in [2.05, 4.69) is 32.7 Å². The Morgan fingerprint density at radius 3 is 1.48 bits per heavy atom. The van der Waals surface area contributed by atoms with Crippen LogP contribution in [0.25, 0.3) is 21.5 Å². The van der Waals surface area contributed by atoms with Gasteiger partial charge in [-0.3, -0.25) is 53.2 Å². The summed E-state index contributed by atoms with van der Waals surface area (Å²) in [4.78, 5) is 131. The number of nitrogens with zero attached hydrogens (tertiary/aromatic N) is 4. The number of carbonyl (C=O) groups is 10. The van der Waals surface area contributed by atoms with Gasteiger partial charge in [0.2, 0.25) is 17.7 Å². The molecule has 2 aliphatic carbocycles. The summed E-state index contributed by atoms with van der Waals surface area (Å²) < 4.78 is 0. The molecule has 3 fully saturated rings. The summed E-state index contributed by atoms with van der Waals surface area (Å²) in [6, 6.07) is 12.6. The fourth-order valence-electron chi connectivity index (χ4n) is 10.6. The first-order valence-electron chi connectivity index (χ1n) is 26.7. The lowest BCUT2D eigenvalue weighted by Crippen LogP contribution is -2.51. The fourth-order valence-corrected chi connectivity index (χ4v) is 10.6. The zero-order chi connectivity index (χ0) is 57.2. The van der Waals surface area contributed by atoms with Crippen LogP contribution in [0.15, 0.2) is 54.6 Å². The van der Waals surface area contributed by atoms with Crippen molar-refractivity contribution in [1.82, 2.24) is 46.2 Å². The number of carboxylic acids is 6. The van der Waals surface area contributed by atoms with Crippen LogP contribution in [0.3, 0.4) is 0 Å². The first kappa shape index (κ1) is 60.7. The first-order valence-corrected chi connectivity index (χ1v) is 26.7. The van der Waals surface area contributed by atoms with E-state index in [1.54, 1.807) is 14.7 Å². The highest BCUT2D eigenvalue weighted by molar-refractivity contribution is 6.03. The maximum Gasteiger partial charge on any atom is 0.326 e. The third kappa shape index (κ3) is 19.7. The third-order valence-electron chi connectivity index (χ3n) is 15.1. The van der Waals surface area contributed by atoms with E-state index in [1.165, 1.54) is 0 Å². The SMILES string of the molecule is O=C(O)CC[C@H](NC(=O)N[C@@H](C[C@@H]1C[C@H]1CNC(=O)[C@H](Cc1c2ccccc2cc2ccccc12)NC(=O)C1CCC(CNC(=O)CN2CCN(CC(=O)O)CCN(CC(=O)O)CCN(CC(=O)O)CC2)CC1)C(=O)O)C(=O)O. The zero-order valence-electron chi connectivity index (χ0n) is 44.1. The molecule has 2 saturated carbocycles. The summed E-state index contributed by atoms with van der Waals surface area (Å²) in [7, 11) is 0. The lowest BCUT2D eigenvalue weighted by molar-refractivity contribution is -0.141. The number of rotatable bonds is 26. The number of carboxylic acid groups (broad SMARTS) is 6. The number of hydrogen-bond acceptors (Lipinski definition) is 14. The molecule has 79 heavy (non-hydrogen) atoms. The number of fused-ring (bicyclic) bond motifs is 2. The summed E-state index contributed by atoms with van der Waals surface area (Å²) in [6.45, 7) is 1.74. The van der Waals surface area contributed by atoms with Gasteiger partial charge in [0.15, 0.2) is 0 Å². The van der Waals surface area contributed by atoms with Gasteiger partial charge in [-0.05, 0) is 95.9 Å². The molecule has 3 aromatic carbocycles. The lowest BCUT2D eigenvalue weighted by atomic mass is 9.81. The quantitative estimate of drug-likeness (QED) is 0.0491. The number of urea groups is 1. The van der Waals surface area contributed by atoms with Crippen molar-refractivity contribution in [3.63, 3.8) is 0 Å². The Morgan fingerprint density at radius 2 is 1.00 bits per heavy atom. The van der Waals surface area contributed by atoms with Gasteiger partial charge in [-0.1, -0.05) is 48.5 Å². The Balaban J connectivity index is 1.05. The predicted octanol–water partition coefficient (Wildman–Crippen LogP) is 0.631. The van der Waals surface area contributed by atoms with Crippen molar-refractivity contribution < 1.29 is 78.6 Å². The monoisotopic (exact) mass is 1100 g/mol. The Labute approximate surface area is 456 Å². The van der Waals surface area contributed by atoms with Crippen molar-refractivity contribution in [2.75, 3.05) is 91.6 Å². The first-order chi connectivity index (χ1) is 37.7. The molecule has 1 aliphatic heterocycles. The minimum Gasteiger partial charge on any atom is -0.481 e. The maximum absolute atomic E-state index is 14.3. The van der Waals surface area contributed by atoms with Crippen molar-refractivity contribution in [3.05, 3.63) is 60.2 Å². The number of hydrogen-bond donors (Lipinski definition) is 11. The Bertz CT molecular complexity index is 2600. The van der Waals surface area contributed by atoms with Gasteiger partial charge in [-0.15, -0.1) is 0 Å². The van der Waals surface area contributed by atoms with Gasteiger partial charge in [0.25, 0.3) is 0 Å². The Hall–Kier alpha value is -7.48. The van der Waals surface area contributed by atoms with Gasteiger partial charge in [0, 0.05) is 84.2 Å². The largest absolute Gasteiger partial charge is 0.481 e. The summed E-state index contributed by atoms with van der Waals surface area (Å²) in [5.74, 6) is -9.04. The van der Waals surface area contributed by atoms with Crippen molar-refractivity contribution in [3.8, 4) is 0 Å². The third-order valence-corrected chi connectivity index (χ3v) is 15.1. The molecule has 1 saturated heterocycles. The topological polar surface area (TPSA) is 365 Å². The minimum absolute atomic E-state index is 0.0216. The molecule has 0 unspecified atom stereocenters. The van der Waals surface area contributed by atoms with Crippen LogP contribution >= 0.6 is 0 Å².